The fourth-order valence-electron chi connectivity index (χ4n) is 4.13. The number of hydrogen-bond acceptors (Lipinski definition) is 5. The zero-order valence-electron chi connectivity index (χ0n) is 16.8. The van der Waals surface area contributed by atoms with Gasteiger partial charge in [-0.05, 0) is 52.4 Å². The molecule has 3 rings (SSSR count). The molecule has 1 spiro atoms. The molecule has 8 nitrogen and oxygen atoms in total. The minimum absolute atomic E-state index is 0.120. The smallest absolute Gasteiger partial charge is 0.410 e. The van der Waals surface area contributed by atoms with Gasteiger partial charge in [0.05, 0.1) is 0 Å². The summed E-state index contributed by atoms with van der Waals surface area (Å²) in [5, 5.41) is 0. The lowest BCUT2D eigenvalue weighted by Crippen LogP contribution is -2.56. The Labute approximate surface area is 160 Å². The maximum absolute atomic E-state index is 13.2. The van der Waals surface area contributed by atoms with Gasteiger partial charge >= 0.3 is 12.1 Å². The van der Waals surface area contributed by atoms with Crippen molar-refractivity contribution in [3.8, 4) is 0 Å². The molecule has 0 aliphatic carbocycles. The zero-order chi connectivity index (χ0) is 19.8. The number of ether oxygens (including phenoxy) is 2. The summed E-state index contributed by atoms with van der Waals surface area (Å²) < 4.78 is 10.8. The lowest BCUT2D eigenvalue weighted by Gasteiger charge is -2.41. The first-order valence-corrected chi connectivity index (χ1v) is 9.79. The number of likely N-dealkylation sites (tertiary alicyclic amines) is 1. The topological polar surface area (TPSA) is 79.4 Å². The Hall–Kier alpha value is -1.83. The van der Waals surface area contributed by atoms with E-state index in [1.807, 2.05) is 20.8 Å². The Morgan fingerprint density at radius 1 is 1.19 bits per heavy atom. The summed E-state index contributed by atoms with van der Waals surface area (Å²) in [5.41, 5.74) is -1.39. The van der Waals surface area contributed by atoms with Crippen LogP contribution in [0.3, 0.4) is 0 Å². The first kappa shape index (κ1) is 19.9. The second-order valence-corrected chi connectivity index (χ2v) is 8.81. The molecule has 0 atom stereocenters. The number of amides is 4. The molecule has 0 radical (unpaired) electrons. The van der Waals surface area contributed by atoms with E-state index in [9.17, 15) is 14.4 Å². The third kappa shape index (κ3) is 3.90. The number of carbonyl (C=O) groups excluding carboxylic acids is 3. The largest absolute Gasteiger partial charge is 0.444 e. The van der Waals surface area contributed by atoms with Gasteiger partial charge in [0.25, 0.3) is 5.91 Å². The minimum atomic E-state index is -0.833. The van der Waals surface area contributed by atoms with Crippen LogP contribution in [0, 0.1) is 5.92 Å². The van der Waals surface area contributed by atoms with Crippen LogP contribution in [-0.2, 0) is 14.3 Å². The van der Waals surface area contributed by atoms with Gasteiger partial charge in [0.15, 0.2) is 0 Å². The number of imide groups is 1. The Morgan fingerprint density at radius 2 is 1.78 bits per heavy atom. The quantitative estimate of drug-likeness (QED) is 0.684. The molecule has 3 saturated heterocycles. The van der Waals surface area contributed by atoms with Gasteiger partial charge in [-0.3, -0.25) is 9.69 Å². The first-order chi connectivity index (χ1) is 12.6. The molecule has 0 unspecified atom stereocenters. The van der Waals surface area contributed by atoms with Gasteiger partial charge in [-0.1, -0.05) is 0 Å². The van der Waals surface area contributed by atoms with Gasteiger partial charge in [-0.25, -0.2) is 9.59 Å². The van der Waals surface area contributed by atoms with Crippen molar-refractivity contribution >= 4 is 18.0 Å². The summed E-state index contributed by atoms with van der Waals surface area (Å²) in [5.74, 6) is 0.183. The van der Waals surface area contributed by atoms with Crippen molar-refractivity contribution in [3.05, 3.63) is 0 Å². The lowest BCUT2D eigenvalue weighted by molar-refractivity contribution is -0.136. The molecule has 0 aromatic rings. The Morgan fingerprint density at radius 3 is 2.33 bits per heavy atom. The molecule has 0 N–H and O–H groups in total. The molecule has 3 aliphatic rings. The number of likely N-dealkylation sites (N-methyl/N-ethyl adjacent to an activating group) is 1. The van der Waals surface area contributed by atoms with Crippen molar-refractivity contribution < 1.29 is 23.9 Å². The minimum Gasteiger partial charge on any atom is -0.444 e. The standard InChI is InChI=1S/C19H31N3O5/c1-18(2,3)27-17(25)21-9-7-19(8-10-21)15(23)22(16(24)20(19)4)13-14-5-11-26-12-6-14/h14H,5-13H2,1-4H3. The Bertz CT molecular complexity index is 601. The normalized spacial score (nSPS) is 24.1. The SMILES string of the molecule is CN1C(=O)N(CC2CCOCC2)C(=O)C12CCN(C(=O)OC(C)(C)C)CC2. The highest BCUT2D eigenvalue weighted by Crippen LogP contribution is 2.37. The van der Waals surface area contributed by atoms with Gasteiger partial charge in [0, 0.05) is 39.9 Å². The second-order valence-electron chi connectivity index (χ2n) is 8.81. The summed E-state index contributed by atoms with van der Waals surface area (Å²) in [6.45, 7) is 8.14. The molecule has 0 aromatic carbocycles. The van der Waals surface area contributed by atoms with E-state index in [1.165, 1.54) is 4.90 Å². The van der Waals surface area contributed by atoms with Crippen molar-refractivity contribution in [2.45, 2.75) is 57.6 Å². The monoisotopic (exact) mass is 381 g/mol. The van der Waals surface area contributed by atoms with E-state index < -0.39 is 11.1 Å². The van der Waals surface area contributed by atoms with Gasteiger partial charge in [0.1, 0.15) is 11.1 Å². The molecule has 8 heteroatoms. The van der Waals surface area contributed by atoms with Gasteiger partial charge in [-0.15, -0.1) is 0 Å². The molecular formula is C19H31N3O5. The molecule has 0 aromatic heterocycles. The third-order valence-corrected chi connectivity index (χ3v) is 5.83. The van der Waals surface area contributed by atoms with Crippen molar-refractivity contribution in [2.75, 3.05) is 39.9 Å². The van der Waals surface area contributed by atoms with Crippen molar-refractivity contribution in [3.63, 3.8) is 0 Å². The molecule has 3 fully saturated rings. The lowest BCUT2D eigenvalue weighted by atomic mass is 9.86. The van der Waals surface area contributed by atoms with Crippen LogP contribution in [0.5, 0.6) is 0 Å². The van der Waals surface area contributed by atoms with E-state index >= 15 is 0 Å². The van der Waals surface area contributed by atoms with Crippen molar-refractivity contribution in [1.29, 1.82) is 0 Å². The highest BCUT2D eigenvalue weighted by molar-refractivity contribution is 6.07. The first-order valence-electron chi connectivity index (χ1n) is 9.79. The highest BCUT2D eigenvalue weighted by Gasteiger charge is 2.57. The second kappa shape index (κ2) is 7.30. The van der Waals surface area contributed by atoms with Crippen LogP contribution in [-0.4, -0.2) is 83.8 Å². The molecule has 27 heavy (non-hydrogen) atoms. The van der Waals surface area contributed by atoms with Crippen molar-refractivity contribution in [2.24, 2.45) is 5.92 Å². The molecular weight excluding hydrogens is 350 g/mol. The van der Waals surface area contributed by atoms with Crippen LogP contribution >= 0.6 is 0 Å². The Balaban J connectivity index is 1.65. The van der Waals surface area contributed by atoms with Crippen LogP contribution in [0.15, 0.2) is 0 Å². The van der Waals surface area contributed by atoms with Crippen LogP contribution in [0.1, 0.15) is 46.5 Å². The maximum Gasteiger partial charge on any atom is 0.410 e. The van der Waals surface area contributed by atoms with Crippen LogP contribution in [0.25, 0.3) is 0 Å². The molecule has 4 amide bonds. The third-order valence-electron chi connectivity index (χ3n) is 5.83. The average molecular weight is 381 g/mol. The number of urea groups is 1. The number of nitrogens with zero attached hydrogens (tertiary/aromatic N) is 3. The van der Waals surface area contributed by atoms with E-state index in [0.717, 1.165) is 12.8 Å². The summed E-state index contributed by atoms with van der Waals surface area (Å²) >= 11 is 0. The fraction of sp³-hybridized carbons (Fsp3) is 0.842. The van der Waals surface area contributed by atoms with E-state index in [-0.39, 0.29) is 18.0 Å². The van der Waals surface area contributed by atoms with E-state index in [2.05, 4.69) is 0 Å². The van der Waals surface area contributed by atoms with E-state index in [0.29, 0.717) is 51.6 Å². The van der Waals surface area contributed by atoms with E-state index in [4.69, 9.17) is 9.47 Å². The van der Waals surface area contributed by atoms with Gasteiger partial charge in [0.2, 0.25) is 0 Å². The number of rotatable bonds is 2. The zero-order valence-corrected chi connectivity index (χ0v) is 16.8. The highest BCUT2D eigenvalue weighted by atomic mass is 16.6. The summed E-state index contributed by atoms with van der Waals surface area (Å²) in [6.07, 6.45) is 2.27. The van der Waals surface area contributed by atoms with Crippen molar-refractivity contribution in [1.82, 2.24) is 14.7 Å². The number of hydrogen-bond donors (Lipinski definition) is 0. The maximum atomic E-state index is 13.2. The average Bonchev–Trinajstić information content (AvgIpc) is 2.78. The molecule has 0 bridgehead atoms. The number of piperidine rings is 1. The fourth-order valence-corrected chi connectivity index (χ4v) is 4.13. The van der Waals surface area contributed by atoms with Crippen LogP contribution < -0.4 is 0 Å². The Kier molecular flexibility index (Phi) is 5.38. The molecule has 0 saturated carbocycles. The summed E-state index contributed by atoms with van der Waals surface area (Å²) in [4.78, 5) is 42.9. The summed E-state index contributed by atoms with van der Waals surface area (Å²) in [7, 11) is 1.70. The van der Waals surface area contributed by atoms with Crippen LogP contribution in [0.4, 0.5) is 9.59 Å². The molecule has 152 valence electrons. The molecule has 3 aliphatic heterocycles. The predicted molar refractivity (Wildman–Crippen MR) is 98.2 cm³/mol. The van der Waals surface area contributed by atoms with Gasteiger partial charge < -0.3 is 19.3 Å². The molecule has 3 heterocycles. The van der Waals surface area contributed by atoms with Gasteiger partial charge in [-0.2, -0.15) is 0 Å². The number of carbonyl (C=O) groups is 3. The van der Waals surface area contributed by atoms with Crippen LogP contribution in [0.2, 0.25) is 0 Å². The predicted octanol–water partition coefficient (Wildman–Crippen LogP) is 2.08. The van der Waals surface area contributed by atoms with E-state index in [1.54, 1.807) is 16.8 Å². The summed E-state index contributed by atoms with van der Waals surface area (Å²) in [6, 6.07) is -0.225.